The van der Waals surface area contributed by atoms with Crippen molar-refractivity contribution in [2.45, 2.75) is 6.42 Å². The van der Waals surface area contributed by atoms with Gasteiger partial charge in [0.25, 0.3) is 0 Å². The molecule has 0 atom stereocenters. The van der Waals surface area contributed by atoms with Crippen molar-refractivity contribution in [2.24, 2.45) is 0 Å². The summed E-state index contributed by atoms with van der Waals surface area (Å²) in [6.45, 7) is 3.92. The molecule has 0 aliphatic carbocycles. The second-order valence-electron chi connectivity index (χ2n) is 3.22. The molecule has 14 heavy (non-hydrogen) atoms. The van der Waals surface area contributed by atoms with Gasteiger partial charge < -0.3 is 4.74 Å². The Bertz CT molecular complexity index is 403. The fourth-order valence-electron chi connectivity index (χ4n) is 1.73. The minimum absolute atomic E-state index is 0.810. The predicted molar refractivity (Wildman–Crippen MR) is 59.6 cm³/mol. The molecule has 1 nitrogen and oxygen atoms in total. The molecule has 0 spiro atoms. The van der Waals surface area contributed by atoms with Crippen molar-refractivity contribution in [3.63, 3.8) is 0 Å². The molecule has 0 bridgehead atoms. The maximum atomic E-state index is 5.31. The van der Waals surface area contributed by atoms with E-state index in [9.17, 15) is 0 Å². The van der Waals surface area contributed by atoms with Gasteiger partial charge in [0.2, 0.25) is 0 Å². The van der Waals surface area contributed by atoms with E-state index in [1.54, 1.807) is 7.11 Å². The van der Waals surface area contributed by atoms with Gasteiger partial charge in [-0.2, -0.15) is 0 Å². The quantitative estimate of drug-likeness (QED) is 0.698. The second kappa shape index (κ2) is 3.70. The molecule has 0 amide bonds. The van der Waals surface area contributed by atoms with E-state index in [2.05, 4.69) is 25.1 Å². The van der Waals surface area contributed by atoms with Crippen LogP contribution in [0.3, 0.4) is 0 Å². The van der Waals surface area contributed by atoms with Gasteiger partial charge in [-0.1, -0.05) is 30.3 Å². The van der Waals surface area contributed by atoms with Crippen molar-refractivity contribution in [2.75, 3.05) is 7.11 Å². The van der Waals surface area contributed by atoms with Crippen LogP contribution in [-0.2, 0) is 6.42 Å². The van der Waals surface area contributed by atoms with Gasteiger partial charge in [-0.25, -0.2) is 0 Å². The molecule has 0 aliphatic heterocycles. The summed E-state index contributed by atoms with van der Waals surface area (Å²) >= 11 is 0. The van der Waals surface area contributed by atoms with Crippen LogP contribution in [-0.4, -0.2) is 7.11 Å². The van der Waals surface area contributed by atoms with Crippen LogP contribution in [0.2, 0.25) is 0 Å². The zero-order chi connectivity index (χ0) is 9.97. The normalized spacial score (nSPS) is 10.4. The highest BCUT2D eigenvalue weighted by molar-refractivity contribution is 5.91. The van der Waals surface area contributed by atoms with Crippen LogP contribution in [0.25, 0.3) is 10.8 Å². The molecule has 0 saturated heterocycles. The molecule has 1 heteroatoms. The van der Waals surface area contributed by atoms with Crippen molar-refractivity contribution < 1.29 is 4.74 Å². The molecule has 0 saturated carbocycles. The summed E-state index contributed by atoms with van der Waals surface area (Å²) in [7, 11) is 1.70. The fourth-order valence-corrected chi connectivity index (χ4v) is 1.73. The molecule has 1 radical (unpaired) electrons. The maximum Gasteiger partial charge on any atom is 0.126 e. The lowest BCUT2D eigenvalue weighted by Gasteiger charge is -2.08. The molecule has 2 aromatic rings. The summed E-state index contributed by atoms with van der Waals surface area (Å²) in [4.78, 5) is 0. The van der Waals surface area contributed by atoms with Crippen molar-refractivity contribution in [3.05, 3.63) is 48.9 Å². The number of benzene rings is 2. The Balaban J connectivity index is 2.78. The van der Waals surface area contributed by atoms with E-state index in [4.69, 9.17) is 4.74 Å². The van der Waals surface area contributed by atoms with E-state index in [1.807, 2.05) is 18.2 Å². The third-order valence-corrected chi connectivity index (χ3v) is 2.46. The van der Waals surface area contributed by atoms with Gasteiger partial charge in [-0.3, -0.25) is 0 Å². The predicted octanol–water partition coefficient (Wildman–Crippen LogP) is 3.22. The molecule has 0 fully saturated rings. The van der Waals surface area contributed by atoms with Crippen LogP contribution in [0.4, 0.5) is 0 Å². The van der Waals surface area contributed by atoms with Gasteiger partial charge in [0.15, 0.2) is 0 Å². The molecule has 0 aromatic heterocycles. The smallest absolute Gasteiger partial charge is 0.126 e. The van der Waals surface area contributed by atoms with Gasteiger partial charge in [-0.15, -0.1) is 0 Å². The fraction of sp³-hybridized carbons (Fsp3) is 0.154. The van der Waals surface area contributed by atoms with Gasteiger partial charge in [-0.05, 0) is 30.4 Å². The molecule has 0 N–H and O–H groups in total. The first-order valence-electron chi connectivity index (χ1n) is 4.70. The van der Waals surface area contributed by atoms with Gasteiger partial charge in [0.1, 0.15) is 5.75 Å². The Labute approximate surface area is 84.3 Å². The number of methoxy groups -OCH3 is 1. The number of rotatable bonds is 2. The zero-order valence-electron chi connectivity index (χ0n) is 8.29. The van der Waals surface area contributed by atoms with Crippen LogP contribution in [0.5, 0.6) is 5.75 Å². The highest BCUT2D eigenvalue weighted by atomic mass is 16.5. The molecule has 0 unspecified atom stereocenters. The van der Waals surface area contributed by atoms with E-state index >= 15 is 0 Å². The van der Waals surface area contributed by atoms with Crippen LogP contribution in [0.15, 0.2) is 36.4 Å². The minimum Gasteiger partial charge on any atom is -0.496 e. The number of ether oxygens (including phenoxy) is 1. The summed E-state index contributed by atoms with van der Waals surface area (Å²) in [5.74, 6) is 0.929. The first kappa shape index (κ1) is 9.07. The summed E-state index contributed by atoms with van der Waals surface area (Å²) in [6.07, 6.45) is 0.810. The number of hydrogen-bond acceptors (Lipinski definition) is 1. The summed E-state index contributed by atoms with van der Waals surface area (Å²) < 4.78 is 5.31. The average molecular weight is 185 g/mol. The monoisotopic (exact) mass is 185 g/mol. The first-order valence-corrected chi connectivity index (χ1v) is 4.70. The summed E-state index contributed by atoms with van der Waals surface area (Å²) in [5, 5.41) is 2.40. The molecular weight excluding hydrogens is 172 g/mol. The van der Waals surface area contributed by atoms with Crippen molar-refractivity contribution in [1.29, 1.82) is 0 Å². The lowest BCUT2D eigenvalue weighted by Crippen LogP contribution is -1.88. The third kappa shape index (κ3) is 1.35. The molecule has 71 valence electrons. The Hall–Kier alpha value is -1.50. The minimum atomic E-state index is 0.810. The highest BCUT2D eigenvalue weighted by Gasteiger charge is 2.03. The number of hydrogen-bond donors (Lipinski definition) is 0. The largest absolute Gasteiger partial charge is 0.496 e. The first-order chi connectivity index (χ1) is 6.86. The number of fused-ring (bicyclic) bond motifs is 1. The Morgan fingerprint density at radius 2 is 1.79 bits per heavy atom. The standard InChI is InChI=1S/C13H13O/c1-3-10-8-9-13(14-2)12-7-5-4-6-11(10)12/h4-9H,1,3H2,2H3. The molecule has 2 rings (SSSR count). The van der Waals surface area contributed by atoms with Crippen molar-refractivity contribution in [3.8, 4) is 5.75 Å². The second-order valence-corrected chi connectivity index (χ2v) is 3.22. The van der Waals surface area contributed by atoms with Crippen LogP contribution in [0.1, 0.15) is 5.56 Å². The Morgan fingerprint density at radius 3 is 2.43 bits per heavy atom. The maximum absolute atomic E-state index is 5.31. The van der Waals surface area contributed by atoms with Crippen molar-refractivity contribution >= 4 is 10.8 Å². The summed E-state index contributed by atoms with van der Waals surface area (Å²) in [6, 6.07) is 12.3. The average Bonchev–Trinajstić information content (AvgIpc) is 2.27. The lowest BCUT2D eigenvalue weighted by molar-refractivity contribution is 0.419. The summed E-state index contributed by atoms with van der Waals surface area (Å²) in [5.41, 5.74) is 1.27. The van der Waals surface area contributed by atoms with E-state index in [1.165, 1.54) is 10.9 Å². The Kier molecular flexibility index (Phi) is 2.40. The van der Waals surface area contributed by atoms with E-state index in [0.29, 0.717) is 0 Å². The van der Waals surface area contributed by atoms with Crippen LogP contribution < -0.4 is 4.74 Å². The molecular formula is C13H13O. The van der Waals surface area contributed by atoms with Gasteiger partial charge in [0.05, 0.1) is 7.11 Å². The highest BCUT2D eigenvalue weighted by Crippen LogP contribution is 2.28. The van der Waals surface area contributed by atoms with E-state index < -0.39 is 0 Å². The van der Waals surface area contributed by atoms with E-state index in [0.717, 1.165) is 17.6 Å². The van der Waals surface area contributed by atoms with Gasteiger partial charge >= 0.3 is 0 Å². The molecule has 0 aliphatic rings. The SMILES string of the molecule is [CH2]Cc1ccc(OC)c2ccccc12. The third-order valence-electron chi connectivity index (χ3n) is 2.46. The molecule has 0 heterocycles. The molecule has 2 aromatic carbocycles. The van der Waals surface area contributed by atoms with Crippen LogP contribution in [0, 0.1) is 6.92 Å². The van der Waals surface area contributed by atoms with Crippen molar-refractivity contribution in [1.82, 2.24) is 0 Å². The van der Waals surface area contributed by atoms with E-state index in [-0.39, 0.29) is 0 Å². The zero-order valence-corrected chi connectivity index (χ0v) is 8.29. The topological polar surface area (TPSA) is 9.23 Å². The lowest BCUT2D eigenvalue weighted by atomic mass is 10.0. The van der Waals surface area contributed by atoms with Crippen LogP contribution >= 0.6 is 0 Å². The van der Waals surface area contributed by atoms with Gasteiger partial charge in [0, 0.05) is 5.39 Å². The Morgan fingerprint density at radius 1 is 1.07 bits per heavy atom.